The average molecular weight is 349 g/mol. The lowest BCUT2D eigenvalue weighted by atomic mass is 10.1. The van der Waals surface area contributed by atoms with E-state index in [0.717, 1.165) is 11.3 Å². The Morgan fingerprint density at radius 1 is 1.25 bits per heavy atom. The van der Waals surface area contributed by atoms with E-state index in [2.05, 4.69) is 16.8 Å². The molecule has 0 saturated heterocycles. The Balaban J connectivity index is 2.41. The summed E-state index contributed by atoms with van der Waals surface area (Å²) in [5, 5.41) is 15.2. The average Bonchev–Trinajstić information content (AvgIpc) is 2.55. The lowest BCUT2D eigenvalue weighted by Gasteiger charge is -2.18. The van der Waals surface area contributed by atoms with Crippen molar-refractivity contribution in [2.45, 2.75) is 11.8 Å². The summed E-state index contributed by atoms with van der Waals surface area (Å²) >= 11 is 0. The SMILES string of the molecule is C=NN(/C(O)=C(\C)c1ccc(F)cc1)c1ccc(S(C)(=O)=O)cn1. The minimum Gasteiger partial charge on any atom is -0.493 e. The van der Waals surface area contributed by atoms with E-state index in [1.165, 1.54) is 42.6 Å². The monoisotopic (exact) mass is 349 g/mol. The van der Waals surface area contributed by atoms with Crippen LogP contribution in [-0.2, 0) is 9.84 Å². The van der Waals surface area contributed by atoms with E-state index in [-0.39, 0.29) is 22.4 Å². The number of halogens is 1. The smallest absolute Gasteiger partial charge is 0.217 e. The summed E-state index contributed by atoms with van der Waals surface area (Å²) in [6.07, 6.45) is 2.24. The molecule has 6 nitrogen and oxygen atoms in total. The van der Waals surface area contributed by atoms with Gasteiger partial charge in [-0.05, 0) is 36.8 Å². The van der Waals surface area contributed by atoms with Crippen molar-refractivity contribution in [2.24, 2.45) is 5.10 Å². The van der Waals surface area contributed by atoms with Crippen LogP contribution < -0.4 is 5.01 Å². The van der Waals surface area contributed by atoms with E-state index >= 15 is 0 Å². The normalized spacial score (nSPS) is 12.5. The summed E-state index contributed by atoms with van der Waals surface area (Å²) in [5.41, 5.74) is 1.02. The number of hydrogen-bond donors (Lipinski definition) is 1. The van der Waals surface area contributed by atoms with Gasteiger partial charge in [0, 0.05) is 24.7 Å². The van der Waals surface area contributed by atoms with Crippen molar-refractivity contribution in [1.82, 2.24) is 4.98 Å². The zero-order chi connectivity index (χ0) is 17.9. The van der Waals surface area contributed by atoms with Gasteiger partial charge in [0.2, 0.25) is 5.88 Å². The quantitative estimate of drug-likeness (QED) is 0.510. The number of hydrazone groups is 1. The number of anilines is 1. The van der Waals surface area contributed by atoms with Crippen molar-refractivity contribution < 1.29 is 17.9 Å². The van der Waals surface area contributed by atoms with Crippen molar-refractivity contribution in [3.8, 4) is 0 Å². The van der Waals surface area contributed by atoms with Crippen LogP contribution in [0.25, 0.3) is 5.57 Å². The predicted molar refractivity (Wildman–Crippen MR) is 91.0 cm³/mol. The Morgan fingerprint density at radius 2 is 1.88 bits per heavy atom. The molecule has 0 fully saturated rings. The van der Waals surface area contributed by atoms with E-state index in [1.54, 1.807) is 6.92 Å². The molecule has 0 amide bonds. The Morgan fingerprint density at radius 3 is 2.33 bits per heavy atom. The molecule has 2 rings (SSSR count). The van der Waals surface area contributed by atoms with Crippen LogP contribution >= 0.6 is 0 Å². The van der Waals surface area contributed by atoms with E-state index in [0.29, 0.717) is 11.1 Å². The minimum atomic E-state index is -3.37. The fourth-order valence-electron chi connectivity index (χ4n) is 1.95. The zero-order valence-corrected chi connectivity index (χ0v) is 14.0. The Hall–Kier alpha value is -2.74. The molecule has 2 aromatic rings. The molecule has 1 heterocycles. The third kappa shape index (κ3) is 3.77. The van der Waals surface area contributed by atoms with Gasteiger partial charge in [-0.1, -0.05) is 12.1 Å². The molecule has 0 saturated carbocycles. The Kier molecular flexibility index (Phi) is 4.99. The molecule has 1 aromatic heterocycles. The number of sulfone groups is 1. The number of benzene rings is 1. The van der Waals surface area contributed by atoms with E-state index in [9.17, 15) is 17.9 Å². The van der Waals surface area contributed by atoms with Crippen LogP contribution in [0.3, 0.4) is 0 Å². The number of hydrogen-bond acceptors (Lipinski definition) is 6. The van der Waals surface area contributed by atoms with Crippen LogP contribution in [-0.4, -0.2) is 31.5 Å². The van der Waals surface area contributed by atoms with E-state index < -0.39 is 9.84 Å². The first-order valence-corrected chi connectivity index (χ1v) is 8.72. The molecule has 0 radical (unpaired) electrons. The molecule has 1 N–H and O–H groups in total. The van der Waals surface area contributed by atoms with Crippen molar-refractivity contribution in [1.29, 1.82) is 0 Å². The number of nitrogens with zero attached hydrogens (tertiary/aromatic N) is 3. The fourth-order valence-corrected chi connectivity index (χ4v) is 2.51. The molecule has 24 heavy (non-hydrogen) atoms. The molecular weight excluding hydrogens is 333 g/mol. The molecule has 0 aliphatic rings. The van der Waals surface area contributed by atoms with Gasteiger partial charge in [0.25, 0.3) is 0 Å². The predicted octanol–water partition coefficient (Wildman–Crippen LogP) is 2.99. The summed E-state index contributed by atoms with van der Waals surface area (Å²) in [5.74, 6) is -0.449. The van der Waals surface area contributed by atoms with Crippen LogP contribution in [0.15, 0.2) is 58.5 Å². The Labute approximate surface area is 139 Å². The third-order valence-corrected chi connectivity index (χ3v) is 4.42. The van der Waals surface area contributed by atoms with Crippen LogP contribution in [0.2, 0.25) is 0 Å². The van der Waals surface area contributed by atoms with E-state index in [4.69, 9.17) is 0 Å². The van der Waals surface area contributed by atoms with Gasteiger partial charge in [0.05, 0.1) is 4.90 Å². The van der Waals surface area contributed by atoms with Gasteiger partial charge in [0.15, 0.2) is 15.7 Å². The first-order valence-electron chi connectivity index (χ1n) is 6.82. The number of allylic oxidation sites excluding steroid dienone is 1. The maximum atomic E-state index is 13.0. The van der Waals surface area contributed by atoms with Crippen molar-refractivity contribution in [3.05, 3.63) is 59.9 Å². The van der Waals surface area contributed by atoms with Gasteiger partial charge < -0.3 is 5.11 Å². The number of aliphatic hydroxyl groups excluding tert-OH is 1. The largest absolute Gasteiger partial charge is 0.493 e. The van der Waals surface area contributed by atoms with Gasteiger partial charge in [-0.3, -0.25) is 0 Å². The second-order valence-electron chi connectivity index (χ2n) is 5.03. The first-order chi connectivity index (χ1) is 11.2. The van der Waals surface area contributed by atoms with Crippen LogP contribution in [0, 0.1) is 5.82 Å². The fraction of sp³-hybridized carbons (Fsp3) is 0.125. The van der Waals surface area contributed by atoms with Gasteiger partial charge >= 0.3 is 0 Å². The molecule has 126 valence electrons. The topological polar surface area (TPSA) is 82.9 Å². The maximum Gasteiger partial charge on any atom is 0.217 e. The highest BCUT2D eigenvalue weighted by atomic mass is 32.2. The lowest BCUT2D eigenvalue weighted by Crippen LogP contribution is -2.17. The van der Waals surface area contributed by atoms with Gasteiger partial charge in [-0.15, -0.1) is 0 Å². The van der Waals surface area contributed by atoms with Gasteiger partial charge in [0.1, 0.15) is 5.82 Å². The summed E-state index contributed by atoms with van der Waals surface area (Å²) in [4.78, 5) is 4.04. The highest BCUT2D eigenvalue weighted by Gasteiger charge is 2.16. The molecule has 0 aliphatic heterocycles. The lowest BCUT2D eigenvalue weighted by molar-refractivity contribution is 0.393. The molecule has 0 aliphatic carbocycles. The highest BCUT2D eigenvalue weighted by molar-refractivity contribution is 7.90. The molecule has 0 unspecified atom stereocenters. The van der Waals surface area contributed by atoms with Gasteiger partial charge in [-0.2, -0.15) is 10.1 Å². The second-order valence-corrected chi connectivity index (χ2v) is 7.05. The van der Waals surface area contributed by atoms with Crippen molar-refractivity contribution >= 4 is 27.9 Å². The molecular formula is C16H16FN3O3S. The van der Waals surface area contributed by atoms with E-state index in [1.807, 2.05) is 0 Å². The molecule has 1 aromatic carbocycles. The van der Waals surface area contributed by atoms with Gasteiger partial charge in [-0.25, -0.2) is 17.8 Å². The molecule has 0 atom stereocenters. The van der Waals surface area contributed by atoms with Crippen molar-refractivity contribution in [2.75, 3.05) is 11.3 Å². The highest BCUT2D eigenvalue weighted by Crippen LogP contribution is 2.24. The summed E-state index contributed by atoms with van der Waals surface area (Å²) in [7, 11) is -3.37. The number of aromatic nitrogens is 1. The summed E-state index contributed by atoms with van der Waals surface area (Å²) in [6.45, 7) is 5.01. The number of pyridine rings is 1. The molecule has 0 bridgehead atoms. The van der Waals surface area contributed by atoms with Crippen molar-refractivity contribution in [3.63, 3.8) is 0 Å². The number of rotatable bonds is 5. The maximum absolute atomic E-state index is 13.0. The third-order valence-electron chi connectivity index (χ3n) is 3.32. The molecule has 8 heteroatoms. The minimum absolute atomic E-state index is 0.0500. The van der Waals surface area contributed by atoms with Crippen LogP contribution in [0.5, 0.6) is 0 Å². The summed E-state index contributed by atoms with van der Waals surface area (Å²) in [6, 6.07) is 8.34. The zero-order valence-electron chi connectivity index (χ0n) is 13.1. The number of aliphatic hydroxyl groups is 1. The first kappa shape index (κ1) is 17.6. The second kappa shape index (κ2) is 6.79. The van der Waals surface area contributed by atoms with Crippen LogP contribution in [0.1, 0.15) is 12.5 Å². The summed E-state index contributed by atoms with van der Waals surface area (Å²) < 4.78 is 35.9. The van der Waals surface area contributed by atoms with Crippen LogP contribution in [0.4, 0.5) is 10.2 Å². The standard InChI is InChI=1S/C16H16FN3O3S/c1-11(12-4-6-13(17)7-5-12)16(21)20(18-2)15-9-8-14(10-19-15)24(3,22)23/h4-10,21H,2H2,1,3H3/b16-11-. The Bertz CT molecular complexity index is 876. The molecule has 0 spiro atoms.